The van der Waals surface area contributed by atoms with Crippen molar-refractivity contribution in [1.82, 2.24) is 9.88 Å². The smallest absolute Gasteiger partial charge is 0.257 e. The van der Waals surface area contributed by atoms with Gasteiger partial charge in [-0.3, -0.25) is 4.79 Å². The Balaban J connectivity index is 2.89. The van der Waals surface area contributed by atoms with Gasteiger partial charge in [0.1, 0.15) is 0 Å². The quantitative estimate of drug-likeness (QED) is 0.839. The Bertz CT molecular complexity index is 463. The van der Waals surface area contributed by atoms with Crippen LogP contribution in [0.15, 0.2) is 12.3 Å². The molecular weight excluding hydrogens is 269 g/mol. The van der Waals surface area contributed by atoms with E-state index in [-0.39, 0.29) is 17.3 Å². The van der Waals surface area contributed by atoms with E-state index in [4.69, 9.17) is 5.73 Å². The van der Waals surface area contributed by atoms with Crippen molar-refractivity contribution in [1.29, 1.82) is 0 Å². The number of aromatic nitrogens is 1. The summed E-state index contributed by atoms with van der Waals surface area (Å²) in [7, 11) is 0. The van der Waals surface area contributed by atoms with Crippen LogP contribution in [0.25, 0.3) is 0 Å². The van der Waals surface area contributed by atoms with E-state index in [2.05, 4.69) is 32.7 Å². The molecule has 0 saturated heterocycles. The molecule has 2 N–H and O–H groups in total. The number of anilines is 1. The van der Waals surface area contributed by atoms with Gasteiger partial charge in [0.05, 0.1) is 5.56 Å². The SMILES string of the molecule is CC(C)CCN(CCC(C)C)C(=O)c1ccnc(N)c1F. The Hall–Kier alpha value is -1.65. The summed E-state index contributed by atoms with van der Waals surface area (Å²) in [6, 6.07) is 1.39. The molecule has 4 nitrogen and oxygen atoms in total. The summed E-state index contributed by atoms with van der Waals surface area (Å²) in [6.45, 7) is 9.69. The highest BCUT2D eigenvalue weighted by Crippen LogP contribution is 2.16. The fraction of sp³-hybridized carbons (Fsp3) is 0.625. The molecule has 1 aromatic rings. The van der Waals surface area contributed by atoms with Crippen molar-refractivity contribution in [3.05, 3.63) is 23.6 Å². The second-order valence-electron chi connectivity index (χ2n) is 6.21. The highest BCUT2D eigenvalue weighted by atomic mass is 19.1. The van der Waals surface area contributed by atoms with Crippen molar-refractivity contribution in [3.8, 4) is 0 Å². The van der Waals surface area contributed by atoms with Crippen LogP contribution in [0.3, 0.4) is 0 Å². The van der Waals surface area contributed by atoms with Gasteiger partial charge in [0.15, 0.2) is 11.6 Å². The summed E-state index contributed by atoms with van der Waals surface area (Å²) < 4.78 is 14.0. The van der Waals surface area contributed by atoms with Gasteiger partial charge in [-0.25, -0.2) is 9.37 Å². The number of carbonyl (C=O) groups is 1. The van der Waals surface area contributed by atoms with Crippen LogP contribution in [-0.4, -0.2) is 28.9 Å². The average molecular weight is 295 g/mol. The zero-order chi connectivity index (χ0) is 16.0. The van der Waals surface area contributed by atoms with Gasteiger partial charge in [-0.1, -0.05) is 27.7 Å². The number of carbonyl (C=O) groups excluding carboxylic acids is 1. The van der Waals surface area contributed by atoms with Gasteiger partial charge < -0.3 is 10.6 Å². The normalized spacial score (nSPS) is 11.2. The van der Waals surface area contributed by atoms with E-state index in [1.54, 1.807) is 4.90 Å². The third-order valence-electron chi connectivity index (χ3n) is 3.39. The molecule has 118 valence electrons. The Morgan fingerprint density at radius 1 is 1.24 bits per heavy atom. The number of hydrogen-bond acceptors (Lipinski definition) is 3. The first-order valence-corrected chi connectivity index (χ1v) is 7.52. The van der Waals surface area contributed by atoms with Crippen molar-refractivity contribution < 1.29 is 9.18 Å². The summed E-state index contributed by atoms with van der Waals surface area (Å²) in [5.74, 6) is -0.267. The molecule has 1 amide bonds. The highest BCUT2D eigenvalue weighted by molar-refractivity contribution is 5.95. The van der Waals surface area contributed by atoms with Crippen LogP contribution in [0, 0.1) is 17.7 Å². The third-order valence-corrected chi connectivity index (χ3v) is 3.39. The number of nitrogens with zero attached hydrogens (tertiary/aromatic N) is 2. The number of halogens is 1. The van der Waals surface area contributed by atoms with Crippen molar-refractivity contribution in [3.63, 3.8) is 0 Å². The van der Waals surface area contributed by atoms with Crippen LogP contribution in [0.5, 0.6) is 0 Å². The molecule has 0 aliphatic heterocycles. The fourth-order valence-electron chi connectivity index (χ4n) is 1.94. The van der Waals surface area contributed by atoms with Crippen LogP contribution in [-0.2, 0) is 0 Å². The van der Waals surface area contributed by atoms with Crippen molar-refractivity contribution >= 4 is 11.7 Å². The number of nitrogens with two attached hydrogens (primary N) is 1. The predicted octanol–water partition coefficient (Wildman–Crippen LogP) is 3.34. The predicted molar refractivity (Wildman–Crippen MR) is 83.4 cm³/mol. The van der Waals surface area contributed by atoms with Gasteiger partial charge in [0.2, 0.25) is 0 Å². The monoisotopic (exact) mass is 295 g/mol. The minimum Gasteiger partial charge on any atom is -0.381 e. The summed E-state index contributed by atoms with van der Waals surface area (Å²) >= 11 is 0. The molecular formula is C16H26FN3O. The van der Waals surface area contributed by atoms with E-state index >= 15 is 0 Å². The second kappa shape index (κ2) is 7.96. The maximum atomic E-state index is 14.0. The van der Waals surface area contributed by atoms with Crippen LogP contribution < -0.4 is 5.73 Å². The number of amides is 1. The third kappa shape index (κ3) is 5.33. The van der Waals surface area contributed by atoms with Crippen LogP contribution in [0.1, 0.15) is 50.9 Å². The molecule has 1 heterocycles. The van der Waals surface area contributed by atoms with Gasteiger partial charge in [-0.2, -0.15) is 0 Å². The van der Waals surface area contributed by atoms with Gasteiger partial charge in [-0.15, -0.1) is 0 Å². The van der Waals surface area contributed by atoms with E-state index in [1.807, 2.05) is 0 Å². The largest absolute Gasteiger partial charge is 0.381 e. The van der Waals surface area contributed by atoms with Crippen molar-refractivity contribution in [2.75, 3.05) is 18.8 Å². The molecule has 21 heavy (non-hydrogen) atoms. The first-order chi connectivity index (χ1) is 9.82. The molecule has 0 atom stereocenters. The second-order valence-corrected chi connectivity index (χ2v) is 6.21. The minimum atomic E-state index is -0.721. The molecule has 1 aromatic heterocycles. The first kappa shape index (κ1) is 17.4. The Kier molecular flexibility index (Phi) is 6.59. The van der Waals surface area contributed by atoms with E-state index in [1.165, 1.54) is 12.3 Å². The Morgan fingerprint density at radius 3 is 2.24 bits per heavy atom. The molecule has 0 bridgehead atoms. The molecule has 0 aliphatic rings. The maximum absolute atomic E-state index is 14.0. The van der Waals surface area contributed by atoms with Crippen molar-refractivity contribution in [2.24, 2.45) is 11.8 Å². The van der Waals surface area contributed by atoms with E-state index < -0.39 is 5.82 Å². The lowest BCUT2D eigenvalue weighted by molar-refractivity contribution is 0.0736. The number of rotatable bonds is 7. The Morgan fingerprint density at radius 2 is 1.76 bits per heavy atom. The van der Waals surface area contributed by atoms with Crippen LogP contribution >= 0.6 is 0 Å². The van der Waals surface area contributed by atoms with Crippen LogP contribution in [0.4, 0.5) is 10.2 Å². The molecule has 0 aliphatic carbocycles. The lowest BCUT2D eigenvalue weighted by Crippen LogP contribution is -2.34. The van der Waals surface area contributed by atoms with Gasteiger partial charge in [0.25, 0.3) is 5.91 Å². The number of hydrogen-bond donors (Lipinski definition) is 1. The fourth-order valence-corrected chi connectivity index (χ4v) is 1.94. The summed E-state index contributed by atoms with van der Waals surface area (Å²) in [6.07, 6.45) is 3.16. The zero-order valence-electron chi connectivity index (χ0n) is 13.4. The summed E-state index contributed by atoms with van der Waals surface area (Å²) in [5, 5.41) is 0. The summed E-state index contributed by atoms with van der Waals surface area (Å²) in [5.41, 5.74) is 5.46. The maximum Gasteiger partial charge on any atom is 0.257 e. The molecule has 0 saturated carbocycles. The molecule has 0 radical (unpaired) electrons. The first-order valence-electron chi connectivity index (χ1n) is 7.52. The average Bonchev–Trinajstić information content (AvgIpc) is 2.40. The zero-order valence-corrected chi connectivity index (χ0v) is 13.4. The molecule has 5 heteroatoms. The summed E-state index contributed by atoms with van der Waals surface area (Å²) in [4.78, 5) is 17.9. The van der Waals surface area contributed by atoms with Gasteiger partial charge >= 0.3 is 0 Å². The number of pyridine rings is 1. The van der Waals surface area contributed by atoms with E-state index in [9.17, 15) is 9.18 Å². The lowest BCUT2D eigenvalue weighted by atomic mass is 10.1. The molecule has 0 unspecified atom stereocenters. The van der Waals surface area contributed by atoms with Crippen molar-refractivity contribution in [2.45, 2.75) is 40.5 Å². The van der Waals surface area contributed by atoms with E-state index in [0.717, 1.165) is 12.8 Å². The highest BCUT2D eigenvalue weighted by Gasteiger charge is 2.21. The Labute approximate surface area is 126 Å². The number of nitrogen functional groups attached to an aromatic ring is 1. The minimum absolute atomic E-state index is 0.00927. The van der Waals surface area contributed by atoms with E-state index in [0.29, 0.717) is 24.9 Å². The molecule has 1 rings (SSSR count). The topological polar surface area (TPSA) is 59.2 Å². The molecule has 0 fully saturated rings. The standard InChI is InChI=1S/C16H26FN3O/c1-11(2)6-9-20(10-7-12(3)4)16(21)13-5-8-19-15(18)14(13)17/h5,8,11-12H,6-7,9-10H2,1-4H3,(H2,18,19). The molecule has 0 aromatic carbocycles. The van der Waals surface area contributed by atoms with Gasteiger partial charge in [-0.05, 0) is 30.7 Å². The van der Waals surface area contributed by atoms with Crippen LogP contribution in [0.2, 0.25) is 0 Å². The lowest BCUT2D eigenvalue weighted by Gasteiger charge is -2.25. The molecule has 0 spiro atoms. The van der Waals surface area contributed by atoms with Gasteiger partial charge in [0, 0.05) is 19.3 Å².